The second-order valence-corrected chi connectivity index (χ2v) is 8.76. The number of ether oxygens (including phenoxy) is 3. The third kappa shape index (κ3) is 6.63. The predicted molar refractivity (Wildman–Crippen MR) is 131 cm³/mol. The zero-order valence-electron chi connectivity index (χ0n) is 20.0. The third-order valence-corrected chi connectivity index (χ3v) is 6.16. The molecule has 0 aliphatic heterocycles. The minimum absolute atomic E-state index is 0.243. The minimum atomic E-state index is -4.38. The Morgan fingerprint density at radius 1 is 0.973 bits per heavy atom. The lowest BCUT2D eigenvalue weighted by Crippen LogP contribution is -2.23. The van der Waals surface area contributed by atoms with E-state index in [1.165, 1.54) is 19.2 Å². The van der Waals surface area contributed by atoms with E-state index in [1.54, 1.807) is 24.3 Å². The molecule has 1 saturated carbocycles. The van der Waals surface area contributed by atoms with Gasteiger partial charge in [0.1, 0.15) is 22.7 Å². The van der Waals surface area contributed by atoms with Gasteiger partial charge in [-0.1, -0.05) is 24.0 Å². The lowest BCUT2D eigenvalue weighted by atomic mass is 9.95. The molecule has 2 atom stereocenters. The molecular weight excluding hydrogens is 485 g/mol. The topological polar surface area (TPSA) is 65.0 Å². The fraction of sp³-hybridized carbons (Fsp3) is 0.276. The van der Waals surface area contributed by atoms with Crippen molar-refractivity contribution in [3.05, 3.63) is 89.5 Å². The lowest BCUT2D eigenvalue weighted by Gasteiger charge is -2.11. The molecule has 37 heavy (non-hydrogen) atoms. The van der Waals surface area contributed by atoms with Crippen LogP contribution in [-0.2, 0) is 22.1 Å². The summed E-state index contributed by atoms with van der Waals surface area (Å²) in [4.78, 5) is 11.6. The highest BCUT2D eigenvalue weighted by molar-refractivity contribution is 5.80. The van der Waals surface area contributed by atoms with Crippen molar-refractivity contribution in [1.29, 1.82) is 0 Å². The van der Waals surface area contributed by atoms with Gasteiger partial charge in [-0.15, -0.1) is 0 Å². The molecule has 8 heteroatoms. The van der Waals surface area contributed by atoms with Crippen molar-refractivity contribution in [1.82, 2.24) is 0 Å². The molecule has 0 radical (unpaired) electrons. The number of methoxy groups -OCH3 is 1. The van der Waals surface area contributed by atoms with Gasteiger partial charge in [0.05, 0.1) is 18.3 Å². The zero-order valence-corrected chi connectivity index (χ0v) is 20.0. The second-order valence-electron chi connectivity index (χ2n) is 8.76. The van der Waals surface area contributed by atoms with E-state index in [2.05, 4.69) is 11.8 Å². The van der Waals surface area contributed by atoms with Crippen molar-refractivity contribution in [2.24, 2.45) is 5.41 Å². The molecule has 192 valence electrons. The van der Waals surface area contributed by atoms with E-state index < -0.39 is 23.1 Å². The molecular formula is C29H25F3O5. The number of carboxylic acids is 1. The van der Waals surface area contributed by atoms with Gasteiger partial charge < -0.3 is 19.3 Å². The SMILES string of the molecule is COC1C[C@@]1(Cc1ccc(C#CCCOc2ccc(Oc3ccc(C(F)(F)F)cc3)cc2)cc1)C(=O)O. The Bertz CT molecular complexity index is 1270. The number of rotatable bonds is 9. The number of alkyl halides is 3. The molecule has 0 spiro atoms. The monoisotopic (exact) mass is 510 g/mol. The highest BCUT2D eigenvalue weighted by Crippen LogP contribution is 2.50. The van der Waals surface area contributed by atoms with E-state index >= 15 is 0 Å². The normalized spacial score (nSPS) is 18.4. The summed E-state index contributed by atoms with van der Waals surface area (Å²) in [7, 11) is 1.54. The molecule has 0 bridgehead atoms. The standard InChI is InChI=1S/C29H25F3O5/c1-35-26-19-28(26,27(33)34)18-21-7-5-20(6-8-21)4-2-3-17-36-23-13-15-25(16-14-23)37-24-11-9-22(10-12-24)29(30,31)32/h5-16,26H,3,17-19H2,1H3,(H,33,34)/t26?,28-/m1/s1. The Morgan fingerprint density at radius 3 is 2.11 bits per heavy atom. The van der Waals surface area contributed by atoms with Crippen molar-refractivity contribution < 1.29 is 37.3 Å². The van der Waals surface area contributed by atoms with Crippen molar-refractivity contribution in [3.63, 3.8) is 0 Å². The fourth-order valence-corrected chi connectivity index (χ4v) is 3.97. The third-order valence-electron chi connectivity index (χ3n) is 6.16. The Balaban J connectivity index is 1.21. The van der Waals surface area contributed by atoms with Crippen molar-refractivity contribution in [2.45, 2.75) is 31.5 Å². The van der Waals surface area contributed by atoms with Crippen LogP contribution in [0.25, 0.3) is 0 Å². The van der Waals surface area contributed by atoms with Crippen LogP contribution in [0, 0.1) is 17.3 Å². The average Bonchev–Trinajstić information content (AvgIpc) is 3.60. The van der Waals surface area contributed by atoms with Crippen LogP contribution in [0.3, 0.4) is 0 Å². The van der Waals surface area contributed by atoms with Gasteiger partial charge in [-0.25, -0.2) is 0 Å². The number of aliphatic carboxylic acids is 1. The number of carbonyl (C=O) groups is 1. The molecule has 0 amide bonds. The summed E-state index contributed by atoms with van der Waals surface area (Å²) in [5, 5.41) is 9.52. The van der Waals surface area contributed by atoms with Gasteiger partial charge in [-0.2, -0.15) is 13.2 Å². The van der Waals surface area contributed by atoms with Gasteiger partial charge in [-0.05, 0) is 79.1 Å². The Labute approximate surface area is 212 Å². The molecule has 1 fully saturated rings. The van der Waals surface area contributed by atoms with Crippen LogP contribution >= 0.6 is 0 Å². The first kappa shape index (κ1) is 26.1. The molecule has 1 N–H and O–H groups in total. The number of hydrogen-bond acceptors (Lipinski definition) is 4. The number of benzene rings is 3. The average molecular weight is 511 g/mol. The van der Waals surface area contributed by atoms with Gasteiger partial charge in [0.25, 0.3) is 0 Å². The first-order valence-electron chi connectivity index (χ1n) is 11.6. The molecule has 4 rings (SSSR count). The minimum Gasteiger partial charge on any atom is -0.493 e. The molecule has 1 aliphatic carbocycles. The van der Waals surface area contributed by atoms with Crippen molar-refractivity contribution >= 4 is 5.97 Å². The summed E-state index contributed by atoms with van der Waals surface area (Å²) in [5.74, 6) is 6.69. The Morgan fingerprint density at radius 2 is 1.57 bits per heavy atom. The molecule has 0 saturated heterocycles. The van der Waals surface area contributed by atoms with Crippen LogP contribution in [0.4, 0.5) is 13.2 Å². The summed E-state index contributed by atoms with van der Waals surface area (Å²) >= 11 is 0. The van der Waals surface area contributed by atoms with Crippen molar-refractivity contribution in [2.75, 3.05) is 13.7 Å². The number of hydrogen-bond donors (Lipinski definition) is 1. The molecule has 1 aliphatic rings. The van der Waals surface area contributed by atoms with Crippen LogP contribution in [0.2, 0.25) is 0 Å². The maximum absolute atomic E-state index is 12.7. The smallest absolute Gasteiger partial charge is 0.416 e. The second kappa shape index (κ2) is 11.0. The van der Waals surface area contributed by atoms with Gasteiger partial charge >= 0.3 is 12.1 Å². The summed E-state index contributed by atoms with van der Waals surface area (Å²) in [6.45, 7) is 0.379. The van der Waals surface area contributed by atoms with E-state index in [4.69, 9.17) is 14.2 Å². The summed E-state index contributed by atoms with van der Waals surface area (Å²) in [5.41, 5.74) is 0.205. The van der Waals surface area contributed by atoms with E-state index in [0.29, 0.717) is 43.1 Å². The summed E-state index contributed by atoms with van der Waals surface area (Å²) in [6.07, 6.45) is -3.17. The van der Waals surface area contributed by atoms with Crippen LogP contribution in [0.5, 0.6) is 17.2 Å². The van der Waals surface area contributed by atoms with Crippen molar-refractivity contribution in [3.8, 4) is 29.1 Å². The largest absolute Gasteiger partial charge is 0.493 e. The first-order valence-corrected chi connectivity index (χ1v) is 11.6. The maximum atomic E-state index is 12.7. The summed E-state index contributed by atoms with van der Waals surface area (Å²) < 4.78 is 54.4. The Hall–Kier alpha value is -3.96. The highest BCUT2D eigenvalue weighted by atomic mass is 19.4. The van der Waals surface area contributed by atoms with E-state index in [-0.39, 0.29) is 6.10 Å². The fourth-order valence-electron chi connectivity index (χ4n) is 3.97. The molecule has 1 unspecified atom stereocenters. The van der Waals surface area contributed by atoms with Crippen LogP contribution < -0.4 is 9.47 Å². The molecule has 3 aromatic carbocycles. The maximum Gasteiger partial charge on any atom is 0.416 e. The van der Waals surface area contributed by atoms with E-state index in [0.717, 1.165) is 23.3 Å². The quantitative estimate of drug-likeness (QED) is 0.268. The van der Waals surface area contributed by atoms with Crippen LogP contribution in [0.1, 0.15) is 29.5 Å². The molecule has 5 nitrogen and oxygen atoms in total. The number of halogens is 3. The van der Waals surface area contributed by atoms with Gasteiger partial charge in [0.2, 0.25) is 0 Å². The first-order chi connectivity index (χ1) is 17.7. The predicted octanol–water partition coefficient (Wildman–Crippen LogP) is 6.35. The number of carboxylic acid groups (broad SMARTS) is 1. The summed E-state index contributed by atoms with van der Waals surface area (Å²) in [6, 6.07) is 18.8. The van der Waals surface area contributed by atoms with E-state index in [9.17, 15) is 23.1 Å². The molecule has 0 heterocycles. The van der Waals surface area contributed by atoms with Crippen LogP contribution in [0.15, 0.2) is 72.8 Å². The van der Waals surface area contributed by atoms with Crippen LogP contribution in [-0.4, -0.2) is 30.9 Å². The van der Waals surface area contributed by atoms with Gasteiger partial charge in [-0.3, -0.25) is 4.79 Å². The molecule has 3 aromatic rings. The van der Waals surface area contributed by atoms with Gasteiger partial charge in [0.15, 0.2) is 0 Å². The lowest BCUT2D eigenvalue weighted by molar-refractivity contribution is -0.145. The van der Waals surface area contributed by atoms with Gasteiger partial charge in [0, 0.05) is 19.1 Å². The molecule has 0 aromatic heterocycles. The highest BCUT2D eigenvalue weighted by Gasteiger charge is 2.61. The zero-order chi connectivity index (χ0) is 26.5. The van der Waals surface area contributed by atoms with E-state index in [1.807, 2.05) is 24.3 Å². The Kier molecular flexibility index (Phi) is 7.74.